The normalized spacial score (nSPS) is 10.6. The van der Waals surface area contributed by atoms with Crippen molar-refractivity contribution in [2.24, 2.45) is 0 Å². The smallest absolute Gasteiger partial charge is 0.164 e. The summed E-state index contributed by atoms with van der Waals surface area (Å²) in [5.74, 6) is 1.80. The summed E-state index contributed by atoms with van der Waals surface area (Å²) in [6.45, 7) is 0. The average molecular weight is 535 g/mol. The van der Waals surface area contributed by atoms with Crippen molar-refractivity contribution in [3.05, 3.63) is 151 Å². The van der Waals surface area contributed by atoms with Gasteiger partial charge < -0.3 is 0 Å². The van der Waals surface area contributed by atoms with Gasteiger partial charge in [0.1, 0.15) is 0 Å². The third-order valence-electron chi connectivity index (χ3n) is 7.26. The molecule has 6 aromatic carbocycles. The van der Waals surface area contributed by atoms with E-state index in [0.717, 1.165) is 49.7 Å². The molecule has 7 aromatic rings. The van der Waals surface area contributed by atoms with E-state index in [1.54, 1.807) is 0 Å². The van der Waals surface area contributed by atoms with E-state index < -0.39 is 0 Å². The van der Waals surface area contributed by atoms with Gasteiger partial charge in [-0.25, -0.2) is 15.0 Å². The molecule has 4 heteroatoms. The quantitative estimate of drug-likeness (QED) is 0.221. The lowest BCUT2D eigenvalue weighted by Crippen LogP contribution is -2.00. The zero-order chi connectivity index (χ0) is 28.3. The van der Waals surface area contributed by atoms with Gasteiger partial charge in [0.05, 0.1) is 11.6 Å². The summed E-state index contributed by atoms with van der Waals surface area (Å²) in [5.41, 5.74) is 7.42. The highest BCUT2D eigenvalue weighted by molar-refractivity contribution is 6.01. The highest BCUT2D eigenvalue weighted by Crippen LogP contribution is 2.36. The predicted molar refractivity (Wildman–Crippen MR) is 167 cm³/mol. The molecule has 0 saturated carbocycles. The molecule has 0 atom stereocenters. The molecule has 0 amide bonds. The first-order chi connectivity index (χ1) is 20.8. The maximum Gasteiger partial charge on any atom is 0.164 e. The number of fused-ring (bicyclic) bond motifs is 1. The van der Waals surface area contributed by atoms with Crippen LogP contribution in [0.15, 0.2) is 133 Å². The van der Waals surface area contributed by atoms with Crippen LogP contribution in [0.4, 0.5) is 0 Å². The maximum atomic E-state index is 9.79. The number of rotatable bonds is 5. The molecular formula is C38H22N4. The Morgan fingerprint density at radius 1 is 0.500 bits per heavy atom. The van der Waals surface area contributed by atoms with Crippen LogP contribution in [-0.2, 0) is 0 Å². The highest BCUT2D eigenvalue weighted by Gasteiger charge is 2.14. The van der Waals surface area contributed by atoms with Gasteiger partial charge in [-0.3, -0.25) is 0 Å². The molecule has 0 saturated heterocycles. The van der Waals surface area contributed by atoms with Gasteiger partial charge in [-0.2, -0.15) is 5.26 Å². The van der Waals surface area contributed by atoms with Crippen molar-refractivity contribution in [2.45, 2.75) is 0 Å². The molecule has 1 heterocycles. The fourth-order valence-corrected chi connectivity index (χ4v) is 5.16. The van der Waals surface area contributed by atoms with E-state index in [9.17, 15) is 5.26 Å². The van der Waals surface area contributed by atoms with Gasteiger partial charge in [-0.15, -0.1) is 0 Å². The molecule has 0 aliphatic carbocycles. The first-order valence-corrected chi connectivity index (χ1v) is 13.6. The van der Waals surface area contributed by atoms with E-state index in [4.69, 9.17) is 15.0 Å². The molecule has 0 radical (unpaired) electrons. The Hall–Kier alpha value is -6.10. The molecule has 4 nitrogen and oxygen atoms in total. The number of aromatic nitrogens is 3. The fraction of sp³-hybridized carbons (Fsp3) is 0. The fourth-order valence-electron chi connectivity index (χ4n) is 5.16. The second-order valence-corrected chi connectivity index (χ2v) is 9.87. The van der Waals surface area contributed by atoms with Crippen LogP contribution in [0.2, 0.25) is 0 Å². The molecule has 0 N–H and O–H groups in total. The van der Waals surface area contributed by atoms with Crippen LogP contribution >= 0.6 is 0 Å². The third kappa shape index (κ3) is 4.75. The van der Waals surface area contributed by atoms with Gasteiger partial charge in [0.25, 0.3) is 0 Å². The van der Waals surface area contributed by atoms with Gasteiger partial charge in [0.15, 0.2) is 17.5 Å². The molecule has 0 unspecified atom stereocenters. The van der Waals surface area contributed by atoms with Gasteiger partial charge in [-0.1, -0.05) is 109 Å². The lowest BCUT2D eigenvalue weighted by atomic mass is 9.91. The van der Waals surface area contributed by atoms with Gasteiger partial charge >= 0.3 is 0 Å². The molecule has 1 aromatic heterocycles. The van der Waals surface area contributed by atoms with Crippen LogP contribution in [0, 0.1) is 23.5 Å². The van der Waals surface area contributed by atoms with Crippen molar-refractivity contribution in [3.8, 4) is 62.5 Å². The van der Waals surface area contributed by atoms with Crippen molar-refractivity contribution in [2.75, 3.05) is 0 Å². The largest absolute Gasteiger partial charge is 0.208 e. The summed E-state index contributed by atoms with van der Waals surface area (Å²) >= 11 is 0. The zero-order valence-electron chi connectivity index (χ0n) is 22.5. The minimum atomic E-state index is 0.587. The number of hydrogen-bond acceptors (Lipinski definition) is 4. The molecule has 194 valence electrons. The Kier molecular flexibility index (Phi) is 6.41. The lowest BCUT2D eigenvalue weighted by Gasteiger charge is -2.13. The highest BCUT2D eigenvalue weighted by atomic mass is 15.0. The zero-order valence-corrected chi connectivity index (χ0v) is 22.5. The van der Waals surface area contributed by atoms with Gasteiger partial charge in [0.2, 0.25) is 0 Å². The minimum absolute atomic E-state index is 0.587. The third-order valence-corrected chi connectivity index (χ3v) is 7.26. The predicted octanol–water partition coefficient (Wildman–Crippen LogP) is 8.83. The van der Waals surface area contributed by atoms with E-state index in [-0.39, 0.29) is 0 Å². The molecule has 7 rings (SSSR count). The molecule has 0 spiro atoms. The van der Waals surface area contributed by atoms with Gasteiger partial charge in [-0.05, 0) is 63.9 Å². The second-order valence-electron chi connectivity index (χ2n) is 9.87. The monoisotopic (exact) mass is 534 g/mol. The molecule has 0 aliphatic heterocycles. The SMILES string of the molecule is N#Cc1ccccc1-c1cc(-c2ccc(-c3nc(-c4cc#ccc4)nc(-c4ccccc4)n3)cc2)cc2ccccc12. The van der Waals surface area contributed by atoms with E-state index in [0.29, 0.717) is 23.0 Å². The van der Waals surface area contributed by atoms with Crippen LogP contribution in [0.25, 0.3) is 67.2 Å². The molecule has 0 fully saturated rings. The van der Waals surface area contributed by atoms with Crippen molar-refractivity contribution < 1.29 is 0 Å². The average Bonchev–Trinajstić information content (AvgIpc) is 3.08. The topological polar surface area (TPSA) is 62.5 Å². The van der Waals surface area contributed by atoms with Crippen molar-refractivity contribution in [1.82, 2.24) is 15.0 Å². The van der Waals surface area contributed by atoms with Crippen molar-refractivity contribution >= 4 is 10.8 Å². The Bertz CT molecular complexity index is 2020. The molecule has 0 bridgehead atoms. The van der Waals surface area contributed by atoms with E-state index in [2.05, 4.69) is 54.6 Å². The van der Waals surface area contributed by atoms with E-state index >= 15 is 0 Å². The molecule has 0 aliphatic rings. The first-order valence-electron chi connectivity index (χ1n) is 13.6. The van der Waals surface area contributed by atoms with Crippen LogP contribution in [0.5, 0.6) is 0 Å². The first kappa shape index (κ1) is 24.9. The van der Waals surface area contributed by atoms with Gasteiger partial charge in [0, 0.05) is 22.3 Å². The lowest BCUT2D eigenvalue weighted by molar-refractivity contribution is 1.07. The summed E-state index contributed by atoms with van der Waals surface area (Å²) in [7, 11) is 0. The summed E-state index contributed by atoms with van der Waals surface area (Å²) in [6.07, 6.45) is 0. The Morgan fingerprint density at radius 3 is 1.88 bits per heavy atom. The Balaban J connectivity index is 1.33. The summed E-state index contributed by atoms with van der Waals surface area (Å²) in [4.78, 5) is 14.4. The molecule has 42 heavy (non-hydrogen) atoms. The summed E-state index contributed by atoms with van der Waals surface area (Å²) in [6, 6.07) is 52.5. The number of hydrogen-bond donors (Lipinski definition) is 0. The minimum Gasteiger partial charge on any atom is -0.208 e. The van der Waals surface area contributed by atoms with E-state index in [1.165, 1.54) is 0 Å². The molecular weight excluding hydrogens is 512 g/mol. The van der Waals surface area contributed by atoms with Crippen LogP contribution in [-0.4, -0.2) is 15.0 Å². The standard InChI is InChI=1S/C38H22N4/c39-25-31-16-8-10-18-34(31)35-24-32(23-30-15-7-9-17-33(30)35)26-19-21-29(22-20-26)38-41-36(27-11-3-1-4-12-27)40-37(42-38)28-13-5-2-6-14-28/h1,3-5,7-24H. The van der Waals surface area contributed by atoms with Crippen molar-refractivity contribution in [1.29, 1.82) is 5.26 Å². The number of nitrogens with zero attached hydrogens (tertiary/aromatic N) is 4. The van der Waals surface area contributed by atoms with Crippen LogP contribution in [0.3, 0.4) is 0 Å². The van der Waals surface area contributed by atoms with Crippen LogP contribution < -0.4 is 0 Å². The Morgan fingerprint density at radius 2 is 1.14 bits per heavy atom. The summed E-state index contributed by atoms with van der Waals surface area (Å²) < 4.78 is 0. The van der Waals surface area contributed by atoms with Crippen LogP contribution in [0.1, 0.15) is 5.56 Å². The van der Waals surface area contributed by atoms with E-state index in [1.807, 2.05) is 97.1 Å². The second kappa shape index (κ2) is 10.8. The number of benzene rings is 5. The Labute approximate surface area is 244 Å². The van der Waals surface area contributed by atoms with Crippen molar-refractivity contribution in [3.63, 3.8) is 0 Å². The maximum absolute atomic E-state index is 9.79. The number of nitriles is 1. The summed E-state index contributed by atoms with van der Waals surface area (Å²) in [5, 5.41) is 12.0.